The van der Waals surface area contributed by atoms with E-state index in [1.807, 2.05) is 0 Å². The van der Waals surface area contributed by atoms with Gasteiger partial charge in [0.2, 0.25) is 0 Å². The molecule has 1 N–H and O–H groups in total. The molecule has 0 aromatic heterocycles. The van der Waals surface area contributed by atoms with Crippen LogP contribution in [0, 0.1) is 23.2 Å². The second kappa shape index (κ2) is 4.77. The van der Waals surface area contributed by atoms with E-state index in [1.165, 1.54) is 32.1 Å². The summed E-state index contributed by atoms with van der Waals surface area (Å²) in [5, 5.41) is 11.3. The molecule has 0 spiro atoms. The van der Waals surface area contributed by atoms with Crippen LogP contribution in [0.2, 0.25) is 0 Å². The third kappa shape index (κ3) is 2.26. The lowest BCUT2D eigenvalue weighted by Crippen LogP contribution is -2.46. The first-order chi connectivity index (χ1) is 6.90. The van der Waals surface area contributed by atoms with Crippen LogP contribution >= 0.6 is 0 Å². The Hall–Kier alpha value is -0.590. The van der Waals surface area contributed by atoms with E-state index in [0.717, 1.165) is 19.6 Å². The van der Waals surface area contributed by atoms with Crippen molar-refractivity contribution in [1.82, 2.24) is 10.4 Å². The van der Waals surface area contributed by atoms with Gasteiger partial charge >= 0.3 is 0 Å². The van der Waals surface area contributed by atoms with Gasteiger partial charge in [0.15, 0.2) is 0 Å². The molecule has 2 fully saturated rings. The van der Waals surface area contributed by atoms with Crippen LogP contribution < -0.4 is 5.43 Å². The number of rotatable bonds is 3. The van der Waals surface area contributed by atoms with E-state index < -0.39 is 0 Å². The fraction of sp³-hybridized carbons (Fsp3) is 0.909. The average molecular weight is 193 g/mol. The minimum Gasteiger partial charge on any atom is -0.255 e. The molecular formula is C11H19N3. The molecule has 0 radical (unpaired) electrons. The molecule has 0 bridgehead atoms. The standard InChI is InChI=1S/C11H19N3/c12-8-11(10-4-3-5-10)9-14-7-2-1-6-13-14/h10-11,13H,1-7,9H2. The van der Waals surface area contributed by atoms with Gasteiger partial charge in [-0.1, -0.05) is 6.42 Å². The van der Waals surface area contributed by atoms with Gasteiger partial charge in [-0.2, -0.15) is 5.26 Å². The first kappa shape index (κ1) is 9.95. The summed E-state index contributed by atoms with van der Waals surface area (Å²) >= 11 is 0. The summed E-state index contributed by atoms with van der Waals surface area (Å²) in [5.41, 5.74) is 3.37. The van der Waals surface area contributed by atoms with Crippen LogP contribution in [0.25, 0.3) is 0 Å². The van der Waals surface area contributed by atoms with E-state index in [0.29, 0.717) is 5.92 Å². The van der Waals surface area contributed by atoms with Gasteiger partial charge in [0.25, 0.3) is 0 Å². The molecule has 1 saturated heterocycles. The summed E-state index contributed by atoms with van der Waals surface area (Å²) in [6, 6.07) is 2.47. The van der Waals surface area contributed by atoms with Gasteiger partial charge < -0.3 is 0 Å². The number of hydrazine groups is 1. The van der Waals surface area contributed by atoms with E-state index in [4.69, 9.17) is 5.26 Å². The Morgan fingerprint density at radius 3 is 2.71 bits per heavy atom. The van der Waals surface area contributed by atoms with Crippen molar-refractivity contribution >= 4 is 0 Å². The van der Waals surface area contributed by atoms with Crippen molar-refractivity contribution in [3.8, 4) is 6.07 Å². The van der Waals surface area contributed by atoms with E-state index in [2.05, 4.69) is 16.5 Å². The van der Waals surface area contributed by atoms with Gasteiger partial charge in [-0.25, -0.2) is 5.01 Å². The van der Waals surface area contributed by atoms with E-state index in [9.17, 15) is 0 Å². The summed E-state index contributed by atoms with van der Waals surface area (Å²) in [4.78, 5) is 0. The molecular weight excluding hydrogens is 174 g/mol. The Morgan fingerprint density at radius 2 is 2.21 bits per heavy atom. The summed E-state index contributed by atoms with van der Waals surface area (Å²) in [6.45, 7) is 3.13. The Labute approximate surface area is 86.0 Å². The maximum atomic E-state index is 9.09. The fourth-order valence-electron chi connectivity index (χ4n) is 2.27. The number of nitriles is 1. The molecule has 1 saturated carbocycles. The summed E-state index contributed by atoms with van der Waals surface area (Å²) < 4.78 is 0. The Morgan fingerprint density at radius 1 is 1.36 bits per heavy atom. The van der Waals surface area contributed by atoms with Crippen molar-refractivity contribution < 1.29 is 0 Å². The lowest BCUT2D eigenvalue weighted by molar-refractivity contribution is 0.107. The third-order valence-electron chi connectivity index (χ3n) is 3.49. The van der Waals surface area contributed by atoms with Crippen molar-refractivity contribution in [1.29, 1.82) is 5.26 Å². The van der Waals surface area contributed by atoms with Crippen LogP contribution in [0.1, 0.15) is 32.1 Å². The highest BCUT2D eigenvalue weighted by Crippen LogP contribution is 2.33. The summed E-state index contributed by atoms with van der Waals surface area (Å²) in [6.07, 6.45) is 6.42. The predicted molar refractivity (Wildman–Crippen MR) is 55.3 cm³/mol. The van der Waals surface area contributed by atoms with Gasteiger partial charge in [0.1, 0.15) is 0 Å². The van der Waals surface area contributed by atoms with Crippen molar-refractivity contribution in [2.75, 3.05) is 19.6 Å². The second-order valence-corrected chi connectivity index (χ2v) is 4.49. The highest BCUT2D eigenvalue weighted by atomic mass is 15.5. The molecule has 1 atom stereocenters. The third-order valence-corrected chi connectivity index (χ3v) is 3.49. The van der Waals surface area contributed by atoms with Crippen LogP contribution in [0.4, 0.5) is 0 Å². The monoisotopic (exact) mass is 193 g/mol. The molecule has 3 heteroatoms. The normalized spacial score (nSPS) is 26.5. The van der Waals surface area contributed by atoms with Gasteiger partial charge in [-0.05, 0) is 31.6 Å². The van der Waals surface area contributed by atoms with Gasteiger partial charge in [-0.3, -0.25) is 5.43 Å². The molecule has 78 valence electrons. The molecule has 14 heavy (non-hydrogen) atoms. The van der Waals surface area contributed by atoms with Crippen molar-refractivity contribution in [3.63, 3.8) is 0 Å². The Kier molecular flexibility index (Phi) is 3.39. The molecule has 0 aromatic carbocycles. The zero-order valence-electron chi connectivity index (χ0n) is 8.71. The van der Waals surface area contributed by atoms with Crippen LogP contribution in [0.3, 0.4) is 0 Å². The first-order valence-electron chi connectivity index (χ1n) is 5.78. The van der Waals surface area contributed by atoms with Crippen molar-refractivity contribution in [2.45, 2.75) is 32.1 Å². The molecule has 2 rings (SSSR count). The smallest absolute Gasteiger partial charge is 0.0672 e. The largest absolute Gasteiger partial charge is 0.255 e. The lowest BCUT2D eigenvalue weighted by atomic mass is 9.76. The van der Waals surface area contributed by atoms with E-state index >= 15 is 0 Å². The van der Waals surface area contributed by atoms with Crippen LogP contribution in [0.5, 0.6) is 0 Å². The molecule has 0 amide bonds. The Balaban J connectivity index is 1.78. The average Bonchev–Trinajstić information content (AvgIpc) is 2.15. The van der Waals surface area contributed by atoms with Crippen LogP contribution in [-0.2, 0) is 0 Å². The number of hydrogen-bond donors (Lipinski definition) is 1. The molecule has 1 aliphatic heterocycles. The quantitative estimate of drug-likeness (QED) is 0.738. The highest BCUT2D eigenvalue weighted by molar-refractivity contribution is 4.93. The molecule has 3 nitrogen and oxygen atoms in total. The van der Waals surface area contributed by atoms with Crippen molar-refractivity contribution in [3.05, 3.63) is 0 Å². The number of hydrogen-bond acceptors (Lipinski definition) is 3. The van der Waals surface area contributed by atoms with Crippen LogP contribution in [0.15, 0.2) is 0 Å². The Bertz CT molecular complexity index is 211. The summed E-state index contributed by atoms with van der Waals surface area (Å²) in [5.74, 6) is 0.943. The van der Waals surface area contributed by atoms with Gasteiger partial charge in [0, 0.05) is 19.6 Å². The van der Waals surface area contributed by atoms with Gasteiger partial charge in [-0.15, -0.1) is 0 Å². The zero-order chi connectivity index (χ0) is 9.80. The SMILES string of the molecule is N#CC(CN1CCCCN1)C1CCC1. The summed E-state index contributed by atoms with van der Waals surface area (Å²) in [7, 11) is 0. The molecule has 0 aromatic rings. The van der Waals surface area contributed by atoms with Gasteiger partial charge in [0.05, 0.1) is 12.0 Å². The number of nitrogens with zero attached hydrogens (tertiary/aromatic N) is 2. The first-order valence-corrected chi connectivity index (χ1v) is 5.78. The molecule has 1 unspecified atom stereocenters. The second-order valence-electron chi connectivity index (χ2n) is 4.49. The van der Waals surface area contributed by atoms with Crippen molar-refractivity contribution in [2.24, 2.45) is 11.8 Å². The lowest BCUT2D eigenvalue weighted by Gasteiger charge is -2.35. The van der Waals surface area contributed by atoms with E-state index in [-0.39, 0.29) is 5.92 Å². The minimum atomic E-state index is 0.259. The fourth-order valence-corrected chi connectivity index (χ4v) is 2.27. The maximum absolute atomic E-state index is 9.09. The maximum Gasteiger partial charge on any atom is 0.0672 e. The topological polar surface area (TPSA) is 39.1 Å². The molecule has 2 aliphatic rings. The molecule has 1 aliphatic carbocycles. The minimum absolute atomic E-state index is 0.259. The van der Waals surface area contributed by atoms with E-state index in [1.54, 1.807) is 0 Å². The highest BCUT2D eigenvalue weighted by Gasteiger charge is 2.28. The van der Waals surface area contributed by atoms with Crippen LogP contribution in [-0.4, -0.2) is 24.6 Å². The molecule has 1 heterocycles. The number of nitrogens with one attached hydrogen (secondary N) is 1. The zero-order valence-corrected chi connectivity index (χ0v) is 8.71. The predicted octanol–water partition coefficient (Wildman–Crippen LogP) is 1.53.